The van der Waals surface area contributed by atoms with Gasteiger partial charge in [-0.3, -0.25) is 8.42 Å². The van der Waals surface area contributed by atoms with Crippen LogP contribution in [0.25, 0.3) is 0 Å². The Bertz CT molecular complexity index is 387. The molecule has 70 valence electrons. The molecular weight excluding hydrogens is 228 g/mol. The van der Waals surface area contributed by atoms with Crippen molar-refractivity contribution in [1.29, 1.82) is 5.26 Å². The van der Waals surface area contributed by atoms with Crippen molar-refractivity contribution in [3.63, 3.8) is 0 Å². The highest BCUT2D eigenvalue weighted by Gasteiger charge is 2.18. The minimum absolute atomic E-state index is 0.201. The maximum Gasteiger partial charge on any atom is 0.159 e. The lowest BCUT2D eigenvalue weighted by Crippen LogP contribution is -1.93. The normalized spacial score (nSPS) is 14.8. The third-order valence-corrected chi connectivity index (χ3v) is 4.53. The Hall–Kier alpha value is -0.580. The van der Waals surface area contributed by atoms with Gasteiger partial charge in [-0.15, -0.1) is 0 Å². The largest absolute Gasteiger partial charge is 0.254 e. The first-order valence-corrected chi connectivity index (χ1v) is 7.03. The number of nitrogens with zero attached hydrogens (tertiary/aromatic N) is 2. The summed E-state index contributed by atoms with van der Waals surface area (Å²) < 4.78 is 26.4. The predicted molar refractivity (Wildman–Crippen MR) is 51.5 cm³/mol. The van der Waals surface area contributed by atoms with Crippen LogP contribution in [0.15, 0.2) is 9.24 Å². The average molecular weight is 234 g/mol. The third-order valence-electron chi connectivity index (χ3n) is 1.27. The van der Waals surface area contributed by atoms with Crippen molar-refractivity contribution in [2.45, 2.75) is 9.24 Å². The Morgan fingerprint density at radius 1 is 1.38 bits per heavy atom. The molecule has 0 unspecified atom stereocenters. The zero-order valence-corrected chi connectivity index (χ0v) is 9.39. The van der Waals surface area contributed by atoms with Crippen LogP contribution < -0.4 is 0 Å². The van der Waals surface area contributed by atoms with Crippen LogP contribution in [0.2, 0.25) is 0 Å². The quantitative estimate of drug-likeness (QED) is 0.746. The lowest BCUT2D eigenvalue weighted by molar-refractivity contribution is 0.684. The second-order valence-corrected chi connectivity index (χ2v) is 5.81. The molecule has 1 rings (SSSR count). The molecule has 4 nitrogen and oxygen atoms in total. The average Bonchev–Trinajstić information content (AvgIpc) is 2.46. The summed E-state index contributed by atoms with van der Waals surface area (Å²) in [6.45, 7) is 0. The highest BCUT2D eigenvalue weighted by atomic mass is 32.2. The molecule has 1 aromatic rings. The van der Waals surface area contributed by atoms with Crippen molar-refractivity contribution in [2.24, 2.45) is 0 Å². The molecule has 0 aliphatic heterocycles. The summed E-state index contributed by atoms with van der Waals surface area (Å²) in [5.41, 5.74) is 0.201. The number of hydrogen-bond acceptors (Lipinski definition) is 5. The molecule has 2 atom stereocenters. The van der Waals surface area contributed by atoms with Crippen molar-refractivity contribution in [2.75, 3.05) is 12.5 Å². The molecule has 0 spiro atoms. The van der Waals surface area contributed by atoms with Gasteiger partial charge in [-0.25, -0.2) is 0 Å². The minimum Gasteiger partial charge on any atom is -0.254 e. The van der Waals surface area contributed by atoms with Gasteiger partial charge in [0.25, 0.3) is 0 Å². The summed E-state index contributed by atoms with van der Waals surface area (Å²) in [5.74, 6) is 0. The van der Waals surface area contributed by atoms with E-state index >= 15 is 0 Å². The zero-order valence-electron chi connectivity index (χ0n) is 6.94. The van der Waals surface area contributed by atoms with E-state index in [-0.39, 0.29) is 10.6 Å². The Morgan fingerprint density at radius 3 is 2.38 bits per heavy atom. The van der Waals surface area contributed by atoms with Crippen LogP contribution in [-0.4, -0.2) is 25.3 Å². The predicted octanol–water partition coefficient (Wildman–Crippen LogP) is 0.490. The summed E-state index contributed by atoms with van der Waals surface area (Å²) >= 11 is 0.971. The number of nitriles is 1. The van der Waals surface area contributed by atoms with E-state index in [9.17, 15) is 8.42 Å². The fraction of sp³-hybridized carbons (Fsp3) is 0.333. The van der Waals surface area contributed by atoms with Gasteiger partial charge in [-0.2, -0.15) is 9.64 Å². The van der Waals surface area contributed by atoms with Gasteiger partial charge in [0.05, 0.1) is 21.6 Å². The van der Waals surface area contributed by atoms with Crippen LogP contribution in [0.5, 0.6) is 0 Å². The van der Waals surface area contributed by atoms with E-state index in [0.717, 1.165) is 11.5 Å². The van der Waals surface area contributed by atoms with Crippen LogP contribution in [0.4, 0.5) is 0 Å². The summed E-state index contributed by atoms with van der Waals surface area (Å²) in [6.07, 6.45) is 2.91. The van der Waals surface area contributed by atoms with Crippen molar-refractivity contribution in [3.05, 3.63) is 5.56 Å². The zero-order chi connectivity index (χ0) is 10.0. The van der Waals surface area contributed by atoms with Gasteiger partial charge in [0.15, 0.2) is 5.03 Å². The molecule has 0 aliphatic rings. The van der Waals surface area contributed by atoms with Crippen LogP contribution in [0, 0.1) is 11.3 Å². The van der Waals surface area contributed by atoms with E-state index in [1.54, 1.807) is 0 Å². The van der Waals surface area contributed by atoms with Crippen LogP contribution in [0.1, 0.15) is 5.56 Å². The van der Waals surface area contributed by atoms with Gasteiger partial charge in [0.1, 0.15) is 15.8 Å². The summed E-state index contributed by atoms with van der Waals surface area (Å²) in [6, 6.07) is 1.87. The Morgan fingerprint density at radius 2 is 2.00 bits per heavy atom. The Labute approximate surface area is 84.7 Å². The van der Waals surface area contributed by atoms with E-state index < -0.39 is 21.6 Å². The molecule has 0 N–H and O–H groups in total. The van der Waals surface area contributed by atoms with Crippen molar-refractivity contribution in [3.8, 4) is 6.07 Å². The highest BCUT2D eigenvalue weighted by Crippen LogP contribution is 2.22. The van der Waals surface area contributed by atoms with Gasteiger partial charge in [0.2, 0.25) is 0 Å². The number of hydrogen-bond donors (Lipinski definition) is 0. The van der Waals surface area contributed by atoms with Gasteiger partial charge in [0, 0.05) is 12.5 Å². The molecule has 0 fully saturated rings. The van der Waals surface area contributed by atoms with Crippen LogP contribution >= 0.6 is 11.5 Å². The van der Waals surface area contributed by atoms with Gasteiger partial charge in [-0.1, -0.05) is 0 Å². The Kier molecular flexibility index (Phi) is 3.30. The van der Waals surface area contributed by atoms with Gasteiger partial charge >= 0.3 is 0 Å². The summed E-state index contributed by atoms with van der Waals surface area (Å²) in [5, 5.41) is 8.97. The molecule has 1 aromatic heterocycles. The second-order valence-electron chi connectivity index (χ2n) is 2.17. The highest BCUT2D eigenvalue weighted by molar-refractivity contribution is 7.87. The maximum atomic E-state index is 11.1. The molecule has 1 heterocycles. The molecule has 0 aromatic carbocycles. The first-order valence-electron chi connectivity index (χ1n) is 3.14. The van der Waals surface area contributed by atoms with Crippen LogP contribution in [0.3, 0.4) is 0 Å². The molecule has 0 aliphatic carbocycles. The fourth-order valence-corrected chi connectivity index (χ4v) is 3.30. The molecule has 7 heteroatoms. The molecule has 0 amide bonds. The smallest absolute Gasteiger partial charge is 0.159 e. The van der Waals surface area contributed by atoms with Crippen molar-refractivity contribution < 1.29 is 8.42 Å². The van der Waals surface area contributed by atoms with E-state index in [4.69, 9.17) is 5.26 Å². The standard InChI is InChI=1S/C6H6N2O2S3/c1-12(9)5-4(3-7)6(11-8-5)13(2)10/h1-2H3/t12-,13-/m1/s1. The first kappa shape index (κ1) is 10.5. The topological polar surface area (TPSA) is 70.8 Å². The summed E-state index contributed by atoms with van der Waals surface area (Å²) in [4.78, 5) is 0. The van der Waals surface area contributed by atoms with E-state index in [1.807, 2.05) is 6.07 Å². The lowest BCUT2D eigenvalue weighted by Gasteiger charge is -1.90. The minimum atomic E-state index is -1.29. The number of aromatic nitrogens is 1. The SMILES string of the molecule is C[S@@](=O)c1nsc([S@@](C)=O)c1C#N. The summed E-state index contributed by atoms with van der Waals surface area (Å²) in [7, 11) is -2.53. The Balaban J connectivity index is 3.37. The first-order chi connectivity index (χ1) is 6.07. The fourth-order valence-electron chi connectivity index (χ4n) is 0.747. The van der Waals surface area contributed by atoms with E-state index in [0.29, 0.717) is 4.21 Å². The molecule has 13 heavy (non-hydrogen) atoms. The monoisotopic (exact) mass is 234 g/mol. The van der Waals surface area contributed by atoms with Crippen LogP contribution in [-0.2, 0) is 21.6 Å². The maximum absolute atomic E-state index is 11.1. The van der Waals surface area contributed by atoms with Crippen molar-refractivity contribution in [1.82, 2.24) is 4.37 Å². The number of rotatable bonds is 2. The molecule has 0 bridgehead atoms. The molecular formula is C6H6N2O2S3. The molecule has 0 saturated heterocycles. The van der Waals surface area contributed by atoms with Gasteiger partial charge < -0.3 is 0 Å². The van der Waals surface area contributed by atoms with E-state index in [1.165, 1.54) is 12.5 Å². The third kappa shape index (κ3) is 2.02. The molecule has 0 radical (unpaired) electrons. The molecule has 0 saturated carbocycles. The van der Waals surface area contributed by atoms with E-state index in [2.05, 4.69) is 4.37 Å². The second kappa shape index (κ2) is 4.09. The lowest BCUT2D eigenvalue weighted by atomic mass is 10.4. The van der Waals surface area contributed by atoms with Gasteiger partial charge in [-0.05, 0) is 11.5 Å². The van der Waals surface area contributed by atoms with Crippen molar-refractivity contribution >= 4 is 33.1 Å².